The Morgan fingerprint density at radius 2 is 1.86 bits per heavy atom. The predicted octanol–water partition coefficient (Wildman–Crippen LogP) is 3.77. The van der Waals surface area contributed by atoms with Gasteiger partial charge in [0.1, 0.15) is 5.69 Å². The van der Waals surface area contributed by atoms with Crippen molar-refractivity contribution in [2.75, 3.05) is 0 Å². The number of hydrogen-bond donors (Lipinski definition) is 2. The molecule has 0 saturated carbocycles. The number of carbonyl (C=O) groups is 1. The van der Waals surface area contributed by atoms with E-state index < -0.39 is 17.8 Å². The number of hydrogen-bond acceptors (Lipinski definition) is 5. The first-order valence-electron chi connectivity index (χ1n) is 8.00. The van der Waals surface area contributed by atoms with Gasteiger partial charge < -0.3 is 0 Å². The largest absolute Gasteiger partial charge is 0.435 e. The number of alkyl halides is 3. The number of fused-ring (bicyclic) bond motifs is 1. The third kappa shape index (κ3) is 3.23. The van der Waals surface area contributed by atoms with Gasteiger partial charge >= 0.3 is 6.18 Å². The van der Waals surface area contributed by atoms with E-state index in [0.29, 0.717) is 5.56 Å². The number of aromatic nitrogens is 3. The van der Waals surface area contributed by atoms with Gasteiger partial charge in [-0.15, -0.1) is 11.3 Å². The summed E-state index contributed by atoms with van der Waals surface area (Å²) < 4.78 is 40.9. The molecule has 6 nitrogen and oxygen atoms in total. The van der Waals surface area contributed by atoms with Crippen LogP contribution in [0.2, 0.25) is 0 Å². The van der Waals surface area contributed by atoms with E-state index in [9.17, 15) is 18.0 Å². The molecule has 2 aromatic heterocycles. The summed E-state index contributed by atoms with van der Waals surface area (Å²) in [6, 6.07) is 13.8. The standard InChI is InChI=1S/C18H12F3N5OS/c19-18(20,21)15-8-14(12-6-5-10-3-1-2-4-11(10)7-12)26(25-15)17-23-13(9-28-17)16(27)24-22/h1-9H,22H2,(H,24,27). The topological polar surface area (TPSA) is 85.8 Å². The Morgan fingerprint density at radius 3 is 2.57 bits per heavy atom. The molecular formula is C18H12F3N5OS. The average molecular weight is 403 g/mol. The highest BCUT2D eigenvalue weighted by molar-refractivity contribution is 7.12. The zero-order chi connectivity index (χ0) is 19.9. The molecular weight excluding hydrogens is 391 g/mol. The van der Waals surface area contributed by atoms with Crippen LogP contribution in [-0.4, -0.2) is 20.7 Å². The number of hydrazine groups is 1. The number of nitrogens with two attached hydrogens (primary N) is 1. The predicted molar refractivity (Wildman–Crippen MR) is 98.8 cm³/mol. The zero-order valence-corrected chi connectivity index (χ0v) is 14.9. The van der Waals surface area contributed by atoms with Gasteiger partial charge in [-0.2, -0.15) is 18.3 Å². The lowest BCUT2D eigenvalue weighted by Gasteiger charge is -2.06. The van der Waals surface area contributed by atoms with Crippen LogP contribution in [0.25, 0.3) is 27.2 Å². The molecule has 4 rings (SSSR count). The maximum Gasteiger partial charge on any atom is 0.435 e. The number of carbonyl (C=O) groups excluding carboxylic acids is 1. The van der Waals surface area contributed by atoms with Crippen molar-refractivity contribution in [2.24, 2.45) is 5.84 Å². The number of benzene rings is 2. The molecule has 0 spiro atoms. The highest BCUT2D eigenvalue weighted by Gasteiger charge is 2.35. The van der Waals surface area contributed by atoms with E-state index in [0.717, 1.165) is 32.9 Å². The van der Waals surface area contributed by atoms with Crippen LogP contribution in [0.3, 0.4) is 0 Å². The SMILES string of the molecule is NNC(=O)c1csc(-n2nc(C(F)(F)F)cc2-c2ccc3ccccc3c2)n1. The second kappa shape index (κ2) is 6.73. The molecule has 28 heavy (non-hydrogen) atoms. The molecule has 0 atom stereocenters. The Morgan fingerprint density at radius 1 is 1.11 bits per heavy atom. The van der Waals surface area contributed by atoms with Crippen LogP contribution in [0, 0.1) is 0 Å². The Balaban J connectivity index is 1.89. The number of amides is 1. The number of nitrogens with zero attached hydrogens (tertiary/aromatic N) is 3. The minimum absolute atomic E-state index is 0.00369. The fraction of sp³-hybridized carbons (Fsp3) is 0.0556. The number of rotatable bonds is 3. The molecule has 0 radical (unpaired) electrons. The van der Waals surface area contributed by atoms with Crippen LogP contribution in [0.1, 0.15) is 16.2 Å². The van der Waals surface area contributed by atoms with Gasteiger partial charge in [0, 0.05) is 10.9 Å². The fourth-order valence-corrected chi connectivity index (χ4v) is 3.53. The van der Waals surface area contributed by atoms with E-state index in [2.05, 4.69) is 10.1 Å². The normalized spacial score (nSPS) is 11.7. The lowest BCUT2D eigenvalue weighted by molar-refractivity contribution is -0.141. The summed E-state index contributed by atoms with van der Waals surface area (Å²) in [4.78, 5) is 15.7. The van der Waals surface area contributed by atoms with Gasteiger partial charge in [0.25, 0.3) is 5.91 Å². The first-order valence-corrected chi connectivity index (χ1v) is 8.88. The number of nitrogens with one attached hydrogen (secondary N) is 1. The van der Waals surface area contributed by atoms with Gasteiger partial charge in [-0.05, 0) is 22.9 Å². The molecule has 10 heteroatoms. The molecule has 0 aliphatic heterocycles. The van der Waals surface area contributed by atoms with E-state index in [1.807, 2.05) is 35.8 Å². The Kier molecular flexibility index (Phi) is 4.36. The van der Waals surface area contributed by atoms with Crippen molar-refractivity contribution in [3.05, 3.63) is 65.3 Å². The summed E-state index contributed by atoms with van der Waals surface area (Å²) in [7, 11) is 0. The molecule has 1 amide bonds. The van der Waals surface area contributed by atoms with Crippen LogP contribution in [0.4, 0.5) is 13.2 Å². The second-order valence-corrected chi connectivity index (χ2v) is 6.71. The van der Waals surface area contributed by atoms with Gasteiger partial charge in [0.05, 0.1) is 5.69 Å². The minimum Gasteiger partial charge on any atom is -0.289 e. The van der Waals surface area contributed by atoms with E-state index in [4.69, 9.17) is 5.84 Å². The average Bonchev–Trinajstić information content (AvgIpc) is 3.33. The smallest absolute Gasteiger partial charge is 0.289 e. The molecule has 142 valence electrons. The summed E-state index contributed by atoms with van der Waals surface area (Å²) in [5.74, 6) is 4.44. The quantitative estimate of drug-likeness (QED) is 0.310. The van der Waals surface area contributed by atoms with Crippen molar-refractivity contribution in [1.82, 2.24) is 20.2 Å². The summed E-state index contributed by atoms with van der Waals surface area (Å²) in [6.07, 6.45) is -4.62. The number of thiazole rings is 1. The fourth-order valence-electron chi connectivity index (χ4n) is 2.76. The first-order chi connectivity index (χ1) is 13.4. The van der Waals surface area contributed by atoms with Crippen LogP contribution in [0.5, 0.6) is 0 Å². The van der Waals surface area contributed by atoms with Gasteiger partial charge in [-0.1, -0.05) is 36.4 Å². The summed E-state index contributed by atoms with van der Waals surface area (Å²) in [5.41, 5.74) is 1.65. The highest BCUT2D eigenvalue weighted by atomic mass is 32.1. The molecule has 0 bridgehead atoms. The Hall–Kier alpha value is -3.24. The van der Waals surface area contributed by atoms with Crippen molar-refractivity contribution >= 4 is 28.0 Å². The van der Waals surface area contributed by atoms with Gasteiger partial charge in [0.15, 0.2) is 5.69 Å². The van der Waals surface area contributed by atoms with E-state index in [-0.39, 0.29) is 16.5 Å². The lowest BCUT2D eigenvalue weighted by atomic mass is 10.0. The van der Waals surface area contributed by atoms with Crippen LogP contribution < -0.4 is 11.3 Å². The summed E-state index contributed by atoms with van der Waals surface area (Å²) in [6.45, 7) is 0. The maximum atomic E-state index is 13.3. The molecule has 2 heterocycles. The van der Waals surface area contributed by atoms with Crippen molar-refractivity contribution in [2.45, 2.75) is 6.18 Å². The Labute approximate surface area is 160 Å². The molecule has 0 saturated heterocycles. The Bertz CT molecular complexity index is 1180. The van der Waals surface area contributed by atoms with E-state index in [1.54, 1.807) is 12.1 Å². The number of nitrogen functional groups attached to an aromatic ring is 1. The summed E-state index contributed by atoms with van der Waals surface area (Å²) >= 11 is 0.988. The third-order valence-corrected chi connectivity index (χ3v) is 4.90. The maximum absolute atomic E-state index is 13.3. The van der Waals surface area contributed by atoms with E-state index >= 15 is 0 Å². The van der Waals surface area contributed by atoms with Crippen molar-refractivity contribution in [3.63, 3.8) is 0 Å². The monoisotopic (exact) mass is 403 g/mol. The van der Waals surface area contributed by atoms with Crippen molar-refractivity contribution in [3.8, 4) is 16.4 Å². The van der Waals surface area contributed by atoms with Gasteiger partial charge in [0.2, 0.25) is 5.13 Å². The first kappa shape index (κ1) is 18.1. The van der Waals surface area contributed by atoms with Crippen LogP contribution in [-0.2, 0) is 6.18 Å². The lowest BCUT2D eigenvalue weighted by Crippen LogP contribution is -2.30. The summed E-state index contributed by atoms with van der Waals surface area (Å²) in [5, 5.41) is 7.05. The van der Waals surface area contributed by atoms with Crippen molar-refractivity contribution < 1.29 is 18.0 Å². The van der Waals surface area contributed by atoms with Crippen LogP contribution in [0.15, 0.2) is 53.9 Å². The second-order valence-electron chi connectivity index (χ2n) is 5.88. The number of halogens is 3. The molecule has 0 unspecified atom stereocenters. The van der Waals surface area contributed by atoms with Crippen LogP contribution >= 0.6 is 11.3 Å². The van der Waals surface area contributed by atoms with Gasteiger partial charge in [-0.25, -0.2) is 15.5 Å². The molecule has 4 aromatic rings. The van der Waals surface area contributed by atoms with Crippen molar-refractivity contribution in [1.29, 1.82) is 0 Å². The molecule has 0 aliphatic rings. The molecule has 0 fully saturated rings. The molecule has 3 N–H and O–H groups in total. The van der Waals surface area contributed by atoms with Gasteiger partial charge in [-0.3, -0.25) is 10.2 Å². The zero-order valence-electron chi connectivity index (χ0n) is 14.1. The molecule has 2 aromatic carbocycles. The highest BCUT2D eigenvalue weighted by Crippen LogP contribution is 2.34. The minimum atomic E-state index is -4.62. The van der Waals surface area contributed by atoms with E-state index in [1.165, 1.54) is 5.38 Å². The molecule has 0 aliphatic carbocycles. The third-order valence-electron chi connectivity index (χ3n) is 4.08.